The van der Waals surface area contributed by atoms with Gasteiger partial charge < -0.3 is 10.1 Å². The van der Waals surface area contributed by atoms with Crippen LogP contribution < -0.4 is 10.1 Å². The van der Waals surface area contributed by atoms with Crippen LogP contribution in [0.15, 0.2) is 47.4 Å². The summed E-state index contributed by atoms with van der Waals surface area (Å²) in [6.45, 7) is 8.32. The second-order valence-electron chi connectivity index (χ2n) is 7.84. The number of sulfonamides is 1. The number of ether oxygens (including phenoxy) is 1. The van der Waals surface area contributed by atoms with E-state index in [-0.39, 0.29) is 12.5 Å². The molecule has 3 rings (SSSR count). The number of hydrogen-bond acceptors (Lipinski definition) is 5. The fourth-order valence-corrected chi connectivity index (χ4v) is 5.28. The van der Waals surface area contributed by atoms with Crippen LogP contribution in [0, 0.1) is 13.8 Å². The smallest absolute Gasteiger partial charge is 0.243 e. The third-order valence-electron chi connectivity index (χ3n) is 5.27. The first kappa shape index (κ1) is 23.2. The number of nitrogens with one attached hydrogen (secondary N) is 1. The quantitative estimate of drug-likeness (QED) is 0.676. The highest BCUT2D eigenvalue weighted by Crippen LogP contribution is 2.24. The normalized spacial score (nSPS) is 15.6. The predicted octanol–water partition coefficient (Wildman–Crippen LogP) is 3.04. The summed E-state index contributed by atoms with van der Waals surface area (Å²) in [5, 5.41) is 2.91. The molecule has 31 heavy (non-hydrogen) atoms. The lowest BCUT2D eigenvalue weighted by Crippen LogP contribution is -2.50. The van der Waals surface area contributed by atoms with Gasteiger partial charge in [-0.2, -0.15) is 4.31 Å². The minimum atomic E-state index is -3.53. The fraction of sp³-hybridized carbons (Fsp3) is 0.435. The Balaban J connectivity index is 1.56. The first-order valence-electron chi connectivity index (χ1n) is 10.6. The zero-order valence-corrected chi connectivity index (χ0v) is 19.2. The minimum Gasteiger partial charge on any atom is -0.491 e. The molecule has 0 atom stereocenters. The van der Waals surface area contributed by atoms with Gasteiger partial charge in [0.1, 0.15) is 5.75 Å². The van der Waals surface area contributed by atoms with Crippen molar-refractivity contribution in [3.63, 3.8) is 0 Å². The van der Waals surface area contributed by atoms with Gasteiger partial charge in [0.05, 0.1) is 23.7 Å². The van der Waals surface area contributed by atoms with Crippen LogP contribution in [0.5, 0.6) is 5.75 Å². The van der Waals surface area contributed by atoms with Crippen LogP contribution in [0.4, 0.5) is 5.69 Å². The Hall–Kier alpha value is -2.42. The molecular formula is C23H31N3O4S. The molecule has 1 aliphatic rings. The molecule has 2 aromatic rings. The Morgan fingerprint density at radius 2 is 1.77 bits per heavy atom. The van der Waals surface area contributed by atoms with Gasteiger partial charge in [0, 0.05) is 26.2 Å². The van der Waals surface area contributed by atoms with Crippen LogP contribution in [-0.2, 0) is 14.8 Å². The van der Waals surface area contributed by atoms with Crippen LogP contribution in [0.25, 0.3) is 0 Å². The zero-order chi connectivity index (χ0) is 22.4. The van der Waals surface area contributed by atoms with Crippen molar-refractivity contribution in [1.82, 2.24) is 9.21 Å². The molecule has 0 saturated carbocycles. The van der Waals surface area contributed by atoms with Crippen molar-refractivity contribution < 1.29 is 17.9 Å². The lowest BCUT2D eigenvalue weighted by Gasteiger charge is -2.33. The largest absolute Gasteiger partial charge is 0.491 e. The molecule has 7 nitrogen and oxygen atoms in total. The Kier molecular flexibility index (Phi) is 7.69. The van der Waals surface area contributed by atoms with Gasteiger partial charge in [-0.1, -0.05) is 36.8 Å². The van der Waals surface area contributed by atoms with Crippen molar-refractivity contribution in [1.29, 1.82) is 0 Å². The van der Waals surface area contributed by atoms with Gasteiger partial charge in [-0.15, -0.1) is 0 Å². The van der Waals surface area contributed by atoms with Gasteiger partial charge >= 0.3 is 0 Å². The Labute approximate surface area is 185 Å². The van der Waals surface area contributed by atoms with Crippen molar-refractivity contribution in [2.45, 2.75) is 32.1 Å². The number of carbonyl (C=O) groups excluding carboxylic acids is 1. The van der Waals surface area contributed by atoms with Crippen LogP contribution in [-0.4, -0.2) is 62.9 Å². The molecule has 8 heteroatoms. The molecule has 1 fully saturated rings. The molecule has 0 aromatic heterocycles. The summed E-state index contributed by atoms with van der Waals surface area (Å²) < 4.78 is 33.2. The number of piperazine rings is 1. The maximum atomic E-state index is 13.0. The molecule has 0 bridgehead atoms. The average Bonchev–Trinajstić information content (AvgIpc) is 2.73. The van der Waals surface area contributed by atoms with E-state index in [1.54, 1.807) is 6.07 Å². The standard InChI is InChI=1S/C23H31N3O4S/c1-4-15-30-21-8-6-5-7-20(21)24-23(27)17-25-11-13-26(14-12-25)31(28,29)22-10-9-18(2)16-19(22)3/h5-10,16H,4,11-15,17H2,1-3H3,(H,24,27). The van der Waals surface area contributed by atoms with Crippen LogP contribution >= 0.6 is 0 Å². The summed E-state index contributed by atoms with van der Waals surface area (Å²) in [6.07, 6.45) is 0.886. The number of rotatable bonds is 8. The summed E-state index contributed by atoms with van der Waals surface area (Å²) in [6, 6.07) is 12.8. The van der Waals surface area contributed by atoms with Crippen molar-refractivity contribution in [2.24, 2.45) is 0 Å². The Morgan fingerprint density at radius 1 is 1.06 bits per heavy atom. The molecule has 168 valence electrons. The highest BCUT2D eigenvalue weighted by molar-refractivity contribution is 7.89. The van der Waals surface area contributed by atoms with Crippen molar-refractivity contribution in [3.8, 4) is 5.75 Å². The van der Waals surface area contributed by atoms with E-state index in [0.29, 0.717) is 49.1 Å². The van der Waals surface area contributed by atoms with E-state index in [1.165, 1.54) is 4.31 Å². The second kappa shape index (κ2) is 10.3. The van der Waals surface area contributed by atoms with E-state index in [9.17, 15) is 13.2 Å². The summed E-state index contributed by atoms with van der Waals surface area (Å²) >= 11 is 0. The number of nitrogens with zero attached hydrogens (tertiary/aromatic N) is 2. The van der Waals surface area contributed by atoms with Crippen LogP contribution in [0.2, 0.25) is 0 Å². The molecule has 1 amide bonds. The van der Waals surface area contributed by atoms with E-state index in [0.717, 1.165) is 17.5 Å². The molecule has 1 heterocycles. The molecule has 0 radical (unpaired) electrons. The van der Waals surface area contributed by atoms with E-state index >= 15 is 0 Å². The van der Waals surface area contributed by atoms with E-state index in [2.05, 4.69) is 5.32 Å². The molecular weight excluding hydrogens is 414 g/mol. The molecule has 0 aliphatic carbocycles. The highest BCUT2D eigenvalue weighted by atomic mass is 32.2. The number of para-hydroxylation sites is 2. The van der Waals surface area contributed by atoms with Gasteiger partial charge in [0.25, 0.3) is 0 Å². The van der Waals surface area contributed by atoms with E-state index in [1.807, 2.05) is 62.1 Å². The van der Waals surface area contributed by atoms with Gasteiger partial charge in [0.2, 0.25) is 15.9 Å². The lowest BCUT2D eigenvalue weighted by atomic mass is 10.2. The Morgan fingerprint density at radius 3 is 2.45 bits per heavy atom. The first-order valence-corrected chi connectivity index (χ1v) is 12.1. The third kappa shape index (κ3) is 5.84. The summed E-state index contributed by atoms with van der Waals surface area (Å²) in [7, 11) is -3.53. The number of hydrogen-bond donors (Lipinski definition) is 1. The number of amides is 1. The second-order valence-corrected chi connectivity index (χ2v) is 9.75. The summed E-state index contributed by atoms with van der Waals surface area (Å²) in [5.74, 6) is 0.514. The highest BCUT2D eigenvalue weighted by Gasteiger charge is 2.30. The third-order valence-corrected chi connectivity index (χ3v) is 7.33. The van der Waals surface area contributed by atoms with E-state index < -0.39 is 10.0 Å². The molecule has 2 aromatic carbocycles. The minimum absolute atomic E-state index is 0.141. The van der Waals surface area contributed by atoms with E-state index in [4.69, 9.17) is 4.74 Å². The van der Waals surface area contributed by atoms with Crippen LogP contribution in [0.3, 0.4) is 0 Å². The fourth-order valence-electron chi connectivity index (χ4n) is 3.66. The number of anilines is 1. The van der Waals surface area contributed by atoms with Gasteiger partial charge in [0.15, 0.2) is 0 Å². The predicted molar refractivity (Wildman–Crippen MR) is 122 cm³/mol. The van der Waals surface area contributed by atoms with Crippen molar-refractivity contribution >= 4 is 21.6 Å². The topological polar surface area (TPSA) is 79.0 Å². The maximum Gasteiger partial charge on any atom is 0.243 e. The van der Waals surface area contributed by atoms with Gasteiger partial charge in [-0.3, -0.25) is 9.69 Å². The molecule has 0 spiro atoms. The zero-order valence-electron chi connectivity index (χ0n) is 18.4. The number of carbonyl (C=O) groups is 1. The van der Waals surface area contributed by atoms with Gasteiger partial charge in [-0.25, -0.2) is 8.42 Å². The average molecular weight is 446 g/mol. The summed E-state index contributed by atoms with van der Waals surface area (Å²) in [5.41, 5.74) is 2.44. The maximum absolute atomic E-state index is 13.0. The molecule has 1 aliphatic heterocycles. The molecule has 1 saturated heterocycles. The Bertz CT molecular complexity index is 1020. The molecule has 0 unspecified atom stereocenters. The number of benzene rings is 2. The lowest BCUT2D eigenvalue weighted by molar-refractivity contribution is -0.117. The summed E-state index contributed by atoms with van der Waals surface area (Å²) in [4.78, 5) is 14.9. The van der Waals surface area contributed by atoms with Crippen molar-refractivity contribution in [3.05, 3.63) is 53.6 Å². The van der Waals surface area contributed by atoms with Crippen molar-refractivity contribution in [2.75, 3.05) is 44.6 Å². The molecule has 1 N–H and O–H groups in total. The van der Waals surface area contributed by atoms with Gasteiger partial charge in [-0.05, 0) is 44.0 Å². The first-order chi connectivity index (χ1) is 14.8. The SMILES string of the molecule is CCCOc1ccccc1NC(=O)CN1CCN(S(=O)(=O)c2ccc(C)cc2C)CC1. The van der Waals surface area contributed by atoms with Crippen LogP contribution in [0.1, 0.15) is 24.5 Å². The monoisotopic (exact) mass is 445 g/mol. The number of aryl methyl sites for hydroxylation is 2.